The summed E-state index contributed by atoms with van der Waals surface area (Å²) in [6.45, 7) is 0. The summed E-state index contributed by atoms with van der Waals surface area (Å²) in [5.74, 6) is 0. The van der Waals surface area contributed by atoms with Gasteiger partial charge in [0.1, 0.15) is 5.66 Å². The van der Waals surface area contributed by atoms with E-state index in [9.17, 15) is 0 Å². The number of allylic oxidation sites excluding steroid dienone is 2. The van der Waals surface area contributed by atoms with Crippen molar-refractivity contribution in [2.45, 2.75) is 5.66 Å². The molecule has 4 nitrogen and oxygen atoms in total. The fourth-order valence-electron chi connectivity index (χ4n) is 1.31. The van der Waals surface area contributed by atoms with Crippen molar-refractivity contribution >= 4 is 5.69 Å². The Morgan fingerprint density at radius 2 is 2.14 bits per heavy atom. The van der Waals surface area contributed by atoms with Crippen molar-refractivity contribution < 1.29 is 0 Å². The highest BCUT2D eigenvalue weighted by Gasteiger charge is 2.24. The van der Waals surface area contributed by atoms with Gasteiger partial charge in [0.25, 0.3) is 0 Å². The molecule has 1 aliphatic rings. The summed E-state index contributed by atoms with van der Waals surface area (Å²) in [5, 5.41) is 3.04. The van der Waals surface area contributed by atoms with Crippen molar-refractivity contribution in [2.24, 2.45) is 5.73 Å². The fraction of sp³-hybridized carbons (Fsp3) is 0.100. The molecule has 5 N–H and O–H groups in total. The topological polar surface area (TPSA) is 77.0 Å². The molecule has 1 aromatic heterocycles. The smallest absolute Gasteiger partial charge is 0.149 e. The molecule has 0 aliphatic carbocycles. The van der Waals surface area contributed by atoms with Crippen LogP contribution in [-0.4, -0.2) is 4.98 Å². The molecule has 0 saturated heterocycles. The molecule has 0 spiro atoms. The first kappa shape index (κ1) is 8.77. The number of rotatable bonds is 1. The predicted octanol–water partition coefficient (Wildman–Crippen LogP) is 0.448. The van der Waals surface area contributed by atoms with E-state index in [0.29, 0.717) is 5.69 Å². The van der Waals surface area contributed by atoms with Crippen molar-refractivity contribution in [1.82, 2.24) is 10.3 Å². The minimum Gasteiger partial charge on any atom is -0.397 e. The molecule has 0 amide bonds. The van der Waals surface area contributed by atoms with Gasteiger partial charge in [0, 0.05) is 0 Å². The summed E-state index contributed by atoms with van der Waals surface area (Å²) in [7, 11) is 0. The summed E-state index contributed by atoms with van der Waals surface area (Å²) in [5.41, 5.74) is 12.3. The zero-order valence-electron chi connectivity index (χ0n) is 7.64. The largest absolute Gasteiger partial charge is 0.397 e. The molecule has 72 valence electrons. The second kappa shape index (κ2) is 3.16. The SMILES string of the molecule is Nc1ccc(C2(N)C=CC=CN2)nc1. The van der Waals surface area contributed by atoms with Crippen LogP contribution in [0.1, 0.15) is 5.69 Å². The summed E-state index contributed by atoms with van der Waals surface area (Å²) in [6, 6.07) is 3.59. The van der Waals surface area contributed by atoms with E-state index in [1.165, 1.54) is 0 Å². The Bertz CT molecular complexity index is 380. The monoisotopic (exact) mass is 188 g/mol. The van der Waals surface area contributed by atoms with Gasteiger partial charge in [-0.25, -0.2) is 0 Å². The quantitative estimate of drug-likeness (QED) is 0.598. The van der Waals surface area contributed by atoms with Gasteiger partial charge in [0.05, 0.1) is 17.6 Å². The minimum atomic E-state index is -0.720. The first-order chi connectivity index (χ1) is 6.71. The Labute approximate surface area is 82.3 Å². The molecule has 1 unspecified atom stereocenters. The van der Waals surface area contributed by atoms with Crippen LogP contribution in [0.2, 0.25) is 0 Å². The van der Waals surface area contributed by atoms with Crippen LogP contribution in [-0.2, 0) is 5.66 Å². The summed E-state index contributed by atoms with van der Waals surface area (Å²) < 4.78 is 0. The molecule has 4 heteroatoms. The number of aromatic nitrogens is 1. The minimum absolute atomic E-state index is 0.632. The average molecular weight is 188 g/mol. The number of nitrogen functional groups attached to an aromatic ring is 1. The zero-order chi connectivity index (χ0) is 10.0. The Kier molecular flexibility index (Phi) is 1.98. The van der Waals surface area contributed by atoms with E-state index < -0.39 is 5.66 Å². The highest BCUT2D eigenvalue weighted by molar-refractivity contribution is 5.37. The number of anilines is 1. The van der Waals surface area contributed by atoms with E-state index in [1.54, 1.807) is 18.5 Å². The number of dihydropyridines is 1. The lowest BCUT2D eigenvalue weighted by molar-refractivity contribution is 0.479. The molecule has 0 fully saturated rings. The third-order valence-corrected chi connectivity index (χ3v) is 2.10. The summed E-state index contributed by atoms with van der Waals surface area (Å²) in [4.78, 5) is 4.18. The normalized spacial score (nSPS) is 24.6. The highest BCUT2D eigenvalue weighted by atomic mass is 15.1. The van der Waals surface area contributed by atoms with Crippen LogP contribution < -0.4 is 16.8 Å². The van der Waals surface area contributed by atoms with Gasteiger partial charge >= 0.3 is 0 Å². The number of nitrogens with one attached hydrogen (secondary N) is 1. The standard InChI is InChI=1S/C10H12N4/c11-8-3-4-9(13-7-8)10(12)5-1-2-6-14-10/h1-7,14H,11-12H2. The number of nitrogens with zero attached hydrogens (tertiary/aromatic N) is 1. The maximum Gasteiger partial charge on any atom is 0.149 e. The van der Waals surface area contributed by atoms with Crippen molar-refractivity contribution in [3.05, 3.63) is 48.5 Å². The van der Waals surface area contributed by atoms with Crippen molar-refractivity contribution in [1.29, 1.82) is 0 Å². The van der Waals surface area contributed by atoms with Crippen LogP contribution in [0.4, 0.5) is 5.69 Å². The third kappa shape index (κ3) is 1.47. The number of hydrogen-bond acceptors (Lipinski definition) is 4. The molecule has 0 bridgehead atoms. The summed E-state index contributed by atoms with van der Waals surface area (Å²) >= 11 is 0. The molecule has 1 atom stereocenters. The van der Waals surface area contributed by atoms with Gasteiger partial charge in [0.2, 0.25) is 0 Å². The Hall–Kier alpha value is -1.81. The van der Waals surface area contributed by atoms with Gasteiger partial charge in [-0.3, -0.25) is 4.98 Å². The Morgan fingerprint density at radius 3 is 2.71 bits per heavy atom. The van der Waals surface area contributed by atoms with Gasteiger partial charge in [-0.1, -0.05) is 6.08 Å². The number of nitrogens with two attached hydrogens (primary N) is 2. The Morgan fingerprint density at radius 1 is 1.29 bits per heavy atom. The zero-order valence-corrected chi connectivity index (χ0v) is 7.64. The molecule has 0 radical (unpaired) electrons. The highest BCUT2D eigenvalue weighted by Crippen LogP contribution is 2.17. The first-order valence-electron chi connectivity index (χ1n) is 4.34. The van der Waals surface area contributed by atoms with E-state index in [0.717, 1.165) is 5.69 Å². The molecule has 2 heterocycles. The van der Waals surface area contributed by atoms with Gasteiger partial charge < -0.3 is 16.8 Å². The fourth-order valence-corrected chi connectivity index (χ4v) is 1.31. The maximum absolute atomic E-state index is 6.08. The van der Waals surface area contributed by atoms with Crippen LogP contribution in [0.25, 0.3) is 0 Å². The second-order valence-corrected chi connectivity index (χ2v) is 3.21. The maximum atomic E-state index is 6.08. The number of hydrogen-bond donors (Lipinski definition) is 3. The first-order valence-corrected chi connectivity index (χ1v) is 4.34. The third-order valence-electron chi connectivity index (χ3n) is 2.10. The summed E-state index contributed by atoms with van der Waals surface area (Å²) in [6.07, 6.45) is 9.00. The van der Waals surface area contributed by atoms with Crippen LogP contribution in [0.15, 0.2) is 42.8 Å². The van der Waals surface area contributed by atoms with E-state index in [-0.39, 0.29) is 0 Å². The van der Waals surface area contributed by atoms with Crippen LogP contribution in [0.3, 0.4) is 0 Å². The Balaban J connectivity index is 2.34. The van der Waals surface area contributed by atoms with Crippen molar-refractivity contribution in [2.75, 3.05) is 5.73 Å². The molecule has 0 aromatic carbocycles. The van der Waals surface area contributed by atoms with Crippen molar-refractivity contribution in [3.63, 3.8) is 0 Å². The lowest BCUT2D eigenvalue weighted by atomic mass is 10.0. The van der Waals surface area contributed by atoms with Crippen LogP contribution >= 0.6 is 0 Å². The van der Waals surface area contributed by atoms with Gasteiger partial charge in [-0.05, 0) is 30.5 Å². The van der Waals surface area contributed by atoms with E-state index in [2.05, 4.69) is 10.3 Å². The average Bonchev–Trinajstić information content (AvgIpc) is 2.19. The van der Waals surface area contributed by atoms with E-state index >= 15 is 0 Å². The molecule has 1 aromatic rings. The lowest BCUT2D eigenvalue weighted by Crippen LogP contribution is -2.47. The second-order valence-electron chi connectivity index (χ2n) is 3.21. The van der Waals surface area contributed by atoms with Gasteiger partial charge in [-0.2, -0.15) is 0 Å². The van der Waals surface area contributed by atoms with Crippen LogP contribution in [0, 0.1) is 0 Å². The van der Waals surface area contributed by atoms with E-state index in [4.69, 9.17) is 11.5 Å². The molecule has 2 rings (SSSR count). The number of pyridine rings is 1. The molecule has 1 aliphatic heterocycles. The van der Waals surface area contributed by atoms with Gasteiger partial charge in [-0.15, -0.1) is 0 Å². The molecular formula is C10H12N4. The molecule has 0 saturated carbocycles. The van der Waals surface area contributed by atoms with Crippen LogP contribution in [0.5, 0.6) is 0 Å². The molecule has 14 heavy (non-hydrogen) atoms. The lowest BCUT2D eigenvalue weighted by Gasteiger charge is -2.27. The molecular weight excluding hydrogens is 176 g/mol. The van der Waals surface area contributed by atoms with E-state index in [1.807, 2.05) is 24.3 Å². The van der Waals surface area contributed by atoms with Gasteiger partial charge in [0.15, 0.2) is 0 Å². The predicted molar refractivity (Wildman–Crippen MR) is 55.9 cm³/mol. The van der Waals surface area contributed by atoms with Crippen molar-refractivity contribution in [3.8, 4) is 0 Å².